The highest BCUT2D eigenvalue weighted by Gasteiger charge is 2.33. The lowest BCUT2D eigenvalue weighted by Crippen LogP contribution is -2.55. The third kappa shape index (κ3) is 4.09. The molecule has 1 fully saturated rings. The van der Waals surface area contributed by atoms with Crippen molar-refractivity contribution >= 4 is 18.0 Å². The summed E-state index contributed by atoms with van der Waals surface area (Å²) in [6.45, 7) is 3.68. The molecule has 2 amide bonds. The molecule has 114 valence electrons. The van der Waals surface area contributed by atoms with Gasteiger partial charge in [0.05, 0.1) is 20.3 Å². The zero-order valence-corrected chi connectivity index (χ0v) is 11.9. The van der Waals surface area contributed by atoms with Crippen molar-refractivity contribution in [3.8, 4) is 0 Å². The number of hydrogen-bond donors (Lipinski definition) is 1. The summed E-state index contributed by atoms with van der Waals surface area (Å²) in [5, 5.41) is 8.85. The zero-order chi connectivity index (χ0) is 15.3. The number of ether oxygens (including phenoxy) is 2. The summed E-state index contributed by atoms with van der Waals surface area (Å²) >= 11 is 0. The lowest BCUT2D eigenvalue weighted by atomic mass is 10.2. The first-order valence-electron chi connectivity index (χ1n) is 6.33. The van der Waals surface area contributed by atoms with Crippen LogP contribution in [0.15, 0.2) is 0 Å². The molecule has 0 spiro atoms. The van der Waals surface area contributed by atoms with Crippen LogP contribution in [0.25, 0.3) is 0 Å². The molecular weight excluding hydrogens is 268 g/mol. The van der Waals surface area contributed by atoms with Crippen molar-refractivity contribution in [2.75, 3.05) is 33.4 Å². The van der Waals surface area contributed by atoms with E-state index in [0.29, 0.717) is 6.54 Å². The molecule has 1 atom stereocenters. The van der Waals surface area contributed by atoms with Crippen molar-refractivity contribution in [3.05, 3.63) is 0 Å². The van der Waals surface area contributed by atoms with Gasteiger partial charge in [0.15, 0.2) is 6.10 Å². The van der Waals surface area contributed by atoms with Gasteiger partial charge in [-0.05, 0) is 13.8 Å². The first-order chi connectivity index (χ1) is 9.36. The van der Waals surface area contributed by atoms with Crippen molar-refractivity contribution in [2.24, 2.45) is 0 Å². The number of nitrogens with zero attached hydrogens (tertiary/aromatic N) is 2. The third-order valence-corrected chi connectivity index (χ3v) is 2.98. The smallest absolute Gasteiger partial charge is 0.336 e. The largest absolute Gasteiger partial charge is 0.480 e. The molecule has 0 radical (unpaired) electrons. The van der Waals surface area contributed by atoms with Gasteiger partial charge in [-0.1, -0.05) is 0 Å². The van der Waals surface area contributed by atoms with Crippen LogP contribution in [0.5, 0.6) is 0 Å². The molecule has 0 bridgehead atoms. The summed E-state index contributed by atoms with van der Waals surface area (Å²) in [6.07, 6.45) is -0.823. The van der Waals surface area contributed by atoms with Crippen molar-refractivity contribution in [3.63, 3.8) is 0 Å². The molecule has 1 aliphatic heterocycles. The summed E-state index contributed by atoms with van der Waals surface area (Å²) in [7, 11) is 1.25. The number of morpholine rings is 1. The number of esters is 1. The second-order valence-electron chi connectivity index (χ2n) is 4.73. The average molecular weight is 288 g/mol. The molecule has 1 aliphatic rings. The number of rotatable bonds is 4. The number of amides is 2. The molecule has 1 N–H and O–H groups in total. The number of hydrogen-bond acceptors (Lipinski definition) is 5. The maximum absolute atomic E-state index is 12.3. The monoisotopic (exact) mass is 288 g/mol. The molecule has 0 aromatic rings. The molecule has 20 heavy (non-hydrogen) atoms. The number of carbonyl (C=O) groups is 3. The van der Waals surface area contributed by atoms with Crippen LogP contribution in [0, 0.1) is 0 Å². The van der Waals surface area contributed by atoms with Gasteiger partial charge in [0, 0.05) is 12.6 Å². The van der Waals surface area contributed by atoms with Crippen LogP contribution >= 0.6 is 0 Å². The Bertz CT molecular complexity index is 384. The van der Waals surface area contributed by atoms with Gasteiger partial charge < -0.3 is 24.4 Å². The van der Waals surface area contributed by atoms with Gasteiger partial charge in [-0.3, -0.25) is 4.79 Å². The van der Waals surface area contributed by atoms with Gasteiger partial charge in [0.1, 0.15) is 6.54 Å². The summed E-state index contributed by atoms with van der Waals surface area (Å²) in [4.78, 5) is 37.2. The van der Waals surface area contributed by atoms with E-state index in [1.807, 2.05) is 0 Å². The number of carboxylic acids is 1. The predicted molar refractivity (Wildman–Crippen MR) is 68.2 cm³/mol. The summed E-state index contributed by atoms with van der Waals surface area (Å²) in [5.41, 5.74) is 0. The molecule has 8 nitrogen and oxygen atoms in total. The summed E-state index contributed by atoms with van der Waals surface area (Å²) in [5.74, 6) is -1.62. The Morgan fingerprint density at radius 1 is 1.45 bits per heavy atom. The fraction of sp³-hybridized carbons (Fsp3) is 0.750. The van der Waals surface area contributed by atoms with Crippen LogP contribution < -0.4 is 0 Å². The van der Waals surface area contributed by atoms with E-state index in [1.54, 1.807) is 13.8 Å². The van der Waals surface area contributed by atoms with Crippen LogP contribution in [0.4, 0.5) is 4.79 Å². The van der Waals surface area contributed by atoms with E-state index in [1.165, 1.54) is 16.9 Å². The highest BCUT2D eigenvalue weighted by molar-refractivity contribution is 5.82. The van der Waals surface area contributed by atoms with Gasteiger partial charge in [-0.25, -0.2) is 9.59 Å². The van der Waals surface area contributed by atoms with Crippen molar-refractivity contribution < 1.29 is 29.0 Å². The fourth-order valence-corrected chi connectivity index (χ4v) is 1.90. The topological polar surface area (TPSA) is 96.4 Å². The zero-order valence-electron chi connectivity index (χ0n) is 11.9. The Balaban J connectivity index is 2.73. The Kier molecular flexibility index (Phi) is 5.75. The van der Waals surface area contributed by atoms with E-state index in [2.05, 4.69) is 4.74 Å². The standard InChI is InChI=1S/C12H20N2O6/c1-8(2)14(7-10(15)16)12(18)13-4-5-20-9(6-13)11(17)19-3/h8-9H,4-7H2,1-3H3,(H,15,16). The molecule has 0 aromatic heterocycles. The maximum atomic E-state index is 12.3. The van der Waals surface area contributed by atoms with Crippen LogP contribution in [0.3, 0.4) is 0 Å². The van der Waals surface area contributed by atoms with Crippen LogP contribution in [0.2, 0.25) is 0 Å². The molecule has 0 saturated carbocycles. The lowest BCUT2D eigenvalue weighted by Gasteiger charge is -2.36. The number of aliphatic carboxylic acids is 1. The number of carboxylic acid groups (broad SMARTS) is 1. The highest BCUT2D eigenvalue weighted by atomic mass is 16.6. The van der Waals surface area contributed by atoms with Crippen molar-refractivity contribution in [1.29, 1.82) is 0 Å². The maximum Gasteiger partial charge on any atom is 0.336 e. The highest BCUT2D eigenvalue weighted by Crippen LogP contribution is 2.11. The molecule has 8 heteroatoms. The minimum absolute atomic E-state index is 0.0638. The first-order valence-corrected chi connectivity index (χ1v) is 6.33. The Labute approximate surface area is 117 Å². The first kappa shape index (κ1) is 16.2. The third-order valence-electron chi connectivity index (χ3n) is 2.98. The molecule has 0 aliphatic carbocycles. The number of urea groups is 1. The second kappa shape index (κ2) is 7.09. The molecule has 1 saturated heterocycles. The molecule has 1 rings (SSSR count). The quantitative estimate of drug-likeness (QED) is 0.718. The molecule has 1 unspecified atom stereocenters. The van der Waals surface area contributed by atoms with Gasteiger partial charge >= 0.3 is 18.0 Å². The summed E-state index contributed by atoms with van der Waals surface area (Å²) in [6, 6.07) is -0.669. The minimum Gasteiger partial charge on any atom is -0.480 e. The van der Waals surface area contributed by atoms with E-state index < -0.39 is 24.1 Å². The Morgan fingerprint density at radius 2 is 2.10 bits per heavy atom. The SMILES string of the molecule is COC(=O)C1CN(C(=O)N(CC(=O)O)C(C)C)CCO1. The van der Waals surface area contributed by atoms with Gasteiger partial charge in [-0.15, -0.1) is 0 Å². The number of methoxy groups -OCH3 is 1. The fourth-order valence-electron chi connectivity index (χ4n) is 1.90. The Morgan fingerprint density at radius 3 is 2.60 bits per heavy atom. The van der Waals surface area contributed by atoms with E-state index in [9.17, 15) is 14.4 Å². The van der Waals surface area contributed by atoms with Crippen molar-refractivity contribution in [1.82, 2.24) is 9.80 Å². The van der Waals surface area contributed by atoms with E-state index in [-0.39, 0.29) is 25.7 Å². The van der Waals surface area contributed by atoms with Gasteiger partial charge in [0.25, 0.3) is 0 Å². The van der Waals surface area contributed by atoms with Gasteiger partial charge in [-0.2, -0.15) is 0 Å². The minimum atomic E-state index is -1.08. The predicted octanol–water partition coefficient (Wildman–Crippen LogP) is -0.225. The number of carbonyl (C=O) groups excluding carboxylic acids is 2. The normalized spacial score (nSPS) is 18.8. The molecule has 0 aromatic carbocycles. The average Bonchev–Trinajstić information content (AvgIpc) is 2.42. The van der Waals surface area contributed by atoms with Crippen LogP contribution in [-0.4, -0.2) is 78.4 Å². The van der Waals surface area contributed by atoms with E-state index in [4.69, 9.17) is 9.84 Å². The van der Waals surface area contributed by atoms with E-state index >= 15 is 0 Å². The van der Waals surface area contributed by atoms with Crippen molar-refractivity contribution in [2.45, 2.75) is 26.0 Å². The van der Waals surface area contributed by atoms with Crippen LogP contribution in [-0.2, 0) is 19.1 Å². The van der Waals surface area contributed by atoms with Crippen LogP contribution in [0.1, 0.15) is 13.8 Å². The van der Waals surface area contributed by atoms with E-state index in [0.717, 1.165) is 0 Å². The second-order valence-corrected chi connectivity index (χ2v) is 4.73. The molecule has 1 heterocycles. The summed E-state index contributed by atoms with van der Waals surface area (Å²) < 4.78 is 9.81. The lowest BCUT2D eigenvalue weighted by molar-refractivity contribution is -0.158. The molecular formula is C12H20N2O6. The van der Waals surface area contributed by atoms with Gasteiger partial charge in [0.2, 0.25) is 0 Å². The Hall–Kier alpha value is -1.83.